The van der Waals surface area contributed by atoms with E-state index in [-0.39, 0.29) is 5.56 Å². The lowest BCUT2D eigenvalue weighted by Crippen LogP contribution is -2.31. The Morgan fingerprint density at radius 3 is 2.41 bits per heavy atom. The van der Waals surface area contributed by atoms with Crippen molar-refractivity contribution in [3.05, 3.63) is 20.3 Å². The number of thiophene rings is 1. The molecule has 1 N–H and O–H groups in total. The summed E-state index contributed by atoms with van der Waals surface area (Å²) in [6, 6.07) is 1.36. The summed E-state index contributed by atoms with van der Waals surface area (Å²) in [5.74, 6) is -4.35. The molecule has 0 aliphatic heterocycles. The molecule has 96 valence electrons. The number of aryl methyl sites for hydroxylation is 1. The fourth-order valence-corrected chi connectivity index (χ4v) is 3.28. The quantitative estimate of drug-likeness (QED) is 0.889. The van der Waals surface area contributed by atoms with Crippen LogP contribution in [-0.2, 0) is 10.7 Å². The molecule has 0 aliphatic rings. The van der Waals surface area contributed by atoms with Crippen LogP contribution in [0, 0.1) is 12.3 Å². The number of hydrogen-bond donors (Lipinski definition) is 1. The molecular weight excluding hydrogens is 314 g/mol. The van der Waals surface area contributed by atoms with Crippen molar-refractivity contribution in [2.24, 2.45) is 5.41 Å². The van der Waals surface area contributed by atoms with Crippen LogP contribution in [0.25, 0.3) is 0 Å². The van der Waals surface area contributed by atoms with Crippen molar-refractivity contribution >= 4 is 33.2 Å². The van der Waals surface area contributed by atoms with E-state index >= 15 is 0 Å². The molecule has 0 bridgehead atoms. The van der Waals surface area contributed by atoms with Crippen molar-refractivity contribution in [3.8, 4) is 0 Å². The van der Waals surface area contributed by atoms with E-state index in [1.807, 2.05) is 0 Å². The zero-order valence-electron chi connectivity index (χ0n) is 9.68. The Kier molecular flexibility index (Phi) is 3.98. The summed E-state index contributed by atoms with van der Waals surface area (Å²) in [5.41, 5.74) is -1.55. The minimum atomic E-state index is -3.13. The number of alkyl halides is 2. The summed E-state index contributed by atoms with van der Waals surface area (Å²) < 4.78 is 28.6. The van der Waals surface area contributed by atoms with Gasteiger partial charge in [0.15, 0.2) is 0 Å². The third-order valence-electron chi connectivity index (χ3n) is 2.52. The lowest BCUT2D eigenvalue weighted by atomic mass is 9.84. The van der Waals surface area contributed by atoms with Crippen LogP contribution in [0.2, 0.25) is 0 Å². The molecule has 0 fully saturated rings. The number of rotatable bonds is 4. The maximum atomic E-state index is 14.0. The zero-order valence-corrected chi connectivity index (χ0v) is 12.1. The Balaban J connectivity index is 3.04. The number of hydrogen-bond acceptors (Lipinski definition) is 2. The number of carboxylic acid groups (broad SMARTS) is 1. The van der Waals surface area contributed by atoms with Crippen LogP contribution in [-0.4, -0.2) is 11.1 Å². The maximum Gasteiger partial charge on any atom is 0.309 e. The van der Waals surface area contributed by atoms with E-state index in [0.29, 0.717) is 8.66 Å². The van der Waals surface area contributed by atoms with E-state index in [9.17, 15) is 13.6 Å². The van der Waals surface area contributed by atoms with E-state index in [2.05, 4.69) is 15.9 Å². The highest BCUT2D eigenvalue weighted by Gasteiger charge is 2.43. The number of carbonyl (C=O) groups is 1. The molecule has 0 saturated heterocycles. The van der Waals surface area contributed by atoms with Gasteiger partial charge in [0.1, 0.15) is 0 Å². The number of aliphatic carboxylic acids is 1. The first-order chi connectivity index (χ1) is 7.56. The molecule has 0 saturated carbocycles. The molecular formula is C11H13BrF2O2S. The summed E-state index contributed by atoms with van der Waals surface area (Å²) in [7, 11) is 0. The van der Waals surface area contributed by atoms with Gasteiger partial charge in [-0.3, -0.25) is 4.79 Å². The lowest BCUT2D eigenvalue weighted by molar-refractivity contribution is -0.153. The molecule has 6 heteroatoms. The molecule has 1 heterocycles. The third kappa shape index (κ3) is 3.25. The van der Waals surface area contributed by atoms with Crippen molar-refractivity contribution < 1.29 is 18.7 Å². The molecule has 1 aromatic rings. The molecule has 0 spiro atoms. The summed E-state index contributed by atoms with van der Waals surface area (Å²) in [6.07, 6.45) is -0.709. The van der Waals surface area contributed by atoms with Gasteiger partial charge in [0, 0.05) is 16.9 Å². The van der Waals surface area contributed by atoms with Gasteiger partial charge in [-0.25, -0.2) is 8.78 Å². The minimum absolute atomic E-state index is 0.0938. The fourth-order valence-electron chi connectivity index (χ4n) is 1.53. The fraction of sp³-hybridized carbons (Fsp3) is 0.545. The smallest absolute Gasteiger partial charge is 0.309 e. The van der Waals surface area contributed by atoms with Crippen LogP contribution in [0.5, 0.6) is 0 Å². The van der Waals surface area contributed by atoms with Gasteiger partial charge in [-0.05, 0) is 42.8 Å². The maximum absolute atomic E-state index is 14.0. The second-order valence-electron chi connectivity index (χ2n) is 4.59. The average Bonchev–Trinajstić information content (AvgIpc) is 2.43. The highest BCUT2D eigenvalue weighted by atomic mass is 79.9. The number of carboxylic acids is 1. The van der Waals surface area contributed by atoms with E-state index < -0.39 is 23.7 Å². The summed E-state index contributed by atoms with van der Waals surface area (Å²) in [4.78, 5) is 11.4. The first kappa shape index (κ1) is 14.6. The normalized spacial score (nSPS) is 12.8. The van der Waals surface area contributed by atoms with E-state index in [0.717, 1.165) is 0 Å². The van der Waals surface area contributed by atoms with Gasteiger partial charge in [0.05, 0.1) is 9.20 Å². The summed E-state index contributed by atoms with van der Waals surface area (Å²) in [6.45, 7) is 4.21. The molecule has 1 aromatic heterocycles. The second kappa shape index (κ2) is 4.65. The van der Waals surface area contributed by atoms with Crippen LogP contribution in [0.3, 0.4) is 0 Å². The van der Waals surface area contributed by atoms with E-state index in [1.165, 1.54) is 31.3 Å². The predicted octanol–water partition coefficient (Wildman–Crippen LogP) is 4.41. The topological polar surface area (TPSA) is 37.3 Å². The second-order valence-corrected chi connectivity index (χ2v) is 7.23. The van der Waals surface area contributed by atoms with Crippen molar-refractivity contribution in [1.82, 2.24) is 0 Å². The van der Waals surface area contributed by atoms with E-state index in [4.69, 9.17) is 5.11 Å². The first-order valence-corrected chi connectivity index (χ1v) is 6.55. The first-order valence-electron chi connectivity index (χ1n) is 4.94. The standard InChI is InChI=1S/C11H13BrF2O2S/c1-6-7(4-8(12)17-6)11(13,14)5-10(2,3)9(15)16/h4H,5H2,1-3H3,(H,15,16). The van der Waals surface area contributed by atoms with Crippen molar-refractivity contribution in [2.45, 2.75) is 33.1 Å². The van der Waals surface area contributed by atoms with Crippen LogP contribution >= 0.6 is 27.3 Å². The molecule has 2 nitrogen and oxygen atoms in total. The van der Waals surface area contributed by atoms with Gasteiger partial charge in [-0.15, -0.1) is 11.3 Å². The molecule has 0 radical (unpaired) electrons. The van der Waals surface area contributed by atoms with Gasteiger partial charge in [-0.1, -0.05) is 0 Å². The Labute approximate surface area is 111 Å². The highest BCUT2D eigenvalue weighted by Crippen LogP contribution is 2.44. The molecule has 0 unspecified atom stereocenters. The Hall–Kier alpha value is -0.490. The largest absolute Gasteiger partial charge is 0.481 e. The van der Waals surface area contributed by atoms with Crippen molar-refractivity contribution in [1.29, 1.82) is 0 Å². The van der Waals surface area contributed by atoms with Crippen molar-refractivity contribution in [3.63, 3.8) is 0 Å². The Morgan fingerprint density at radius 1 is 1.53 bits per heavy atom. The predicted molar refractivity (Wildman–Crippen MR) is 66.7 cm³/mol. The molecule has 17 heavy (non-hydrogen) atoms. The average molecular weight is 327 g/mol. The van der Waals surface area contributed by atoms with E-state index in [1.54, 1.807) is 6.92 Å². The lowest BCUT2D eigenvalue weighted by Gasteiger charge is -2.25. The molecule has 0 atom stereocenters. The van der Waals surface area contributed by atoms with Crippen LogP contribution in [0.4, 0.5) is 8.78 Å². The van der Waals surface area contributed by atoms with Gasteiger partial charge >= 0.3 is 5.97 Å². The molecule has 0 amide bonds. The van der Waals surface area contributed by atoms with Gasteiger partial charge in [0.25, 0.3) is 5.92 Å². The minimum Gasteiger partial charge on any atom is -0.481 e. The van der Waals surface area contributed by atoms with Crippen LogP contribution in [0.15, 0.2) is 9.85 Å². The summed E-state index contributed by atoms with van der Waals surface area (Å²) in [5, 5.41) is 8.89. The van der Waals surface area contributed by atoms with Crippen LogP contribution in [0.1, 0.15) is 30.7 Å². The van der Waals surface area contributed by atoms with Crippen LogP contribution < -0.4 is 0 Å². The third-order valence-corrected chi connectivity index (χ3v) is 4.08. The molecule has 0 aliphatic carbocycles. The van der Waals surface area contributed by atoms with Gasteiger partial charge in [-0.2, -0.15) is 0 Å². The highest BCUT2D eigenvalue weighted by molar-refractivity contribution is 9.11. The van der Waals surface area contributed by atoms with Gasteiger partial charge < -0.3 is 5.11 Å². The van der Waals surface area contributed by atoms with Crippen molar-refractivity contribution in [2.75, 3.05) is 0 Å². The SMILES string of the molecule is Cc1sc(Br)cc1C(F)(F)CC(C)(C)C(=O)O. The Bertz CT molecular complexity index is 441. The number of halogens is 3. The monoisotopic (exact) mass is 326 g/mol. The summed E-state index contributed by atoms with van der Waals surface area (Å²) >= 11 is 4.37. The van der Waals surface area contributed by atoms with Gasteiger partial charge in [0.2, 0.25) is 0 Å². The Morgan fingerprint density at radius 2 is 2.06 bits per heavy atom. The molecule has 1 rings (SSSR count). The zero-order chi connectivity index (χ0) is 13.4. The molecule has 0 aromatic carbocycles.